The molecule has 0 saturated carbocycles. The molecule has 1 heterocycles. The van der Waals surface area contributed by atoms with E-state index in [9.17, 15) is 0 Å². The zero-order valence-electron chi connectivity index (χ0n) is 12.8. The van der Waals surface area contributed by atoms with Gasteiger partial charge in [-0.2, -0.15) is 0 Å². The predicted octanol–water partition coefficient (Wildman–Crippen LogP) is 3.18. The Morgan fingerprint density at radius 2 is 2.19 bits per heavy atom. The summed E-state index contributed by atoms with van der Waals surface area (Å²) in [4.78, 5) is 4.51. The van der Waals surface area contributed by atoms with Crippen LogP contribution in [0.3, 0.4) is 0 Å². The Labute approximate surface area is 129 Å². The fraction of sp³-hybridized carbons (Fsp3) is 0.438. The highest BCUT2D eigenvalue weighted by atomic mass is 32.1. The highest BCUT2D eigenvalue weighted by Gasteiger charge is 2.09. The van der Waals surface area contributed by atoms with Crippen LogP contribution in [0.2, 0.25) is 0 Å². The van der Waals surface area contributed by atoms with E-state index in [4.69, 9.17) is 15.2 Å². The van der Waals surface area contributed by atoms with Gasteiger partial charge in [0.05, 0.1) is 17.8 Å². The van der Waals surface area contributed by atoms with Crippen molar-refractivity contribution in [2.24, 2.45) is 5.73 Å². The van der Waals surface area contributed by atoms with E-state index in [2.05, 4.69) is 11.9 Å². The number of aryl methyl sites for hydroxylation is 1. The van der Waals surface area contributed by atoms with E-state index in [0.717, 1.165) is 40.6 Å². The molecule has 21 heavy (non-hydrogen) atoms. The minimum atomic E-state index is 0.0895. The Kier molecular flexibility index (Phi) is 5.59. The van der Waals surface area contributed by atoms with Gasteiger partial charge in [-0.3, -0.25) is 0 Å². The lowest BCUT2D eigenvalue weighted by Gasteiger charge is -2.14. The fourth-order valence-corrected chi connectivity index (χ4v) is 2.77. The van der Waals surface area contributed by atoms with Crippen LogP contribution in [0.4, 0.5) is 0 Å². The van der Waals surface area contributed by atoms with E-state index >= 15 is 0 Å². The van der Waals surface area contributed by atoms with Crippen LogP contribution in [0.1, 0.15) is 30.1 Å². The van der Waals surface area contributed by atoms with Crippen molar-refractivity contribution in [3.63, 3.8) is 0 Å². The topological polar surface area (TPSA) is 57.4 Å². The van der Waals surface area contributed by atoms with Gasteiger partial charge in [-0.1, -0.05) is 13.0 Å². The second-order valence-electron chi connectivity index (χ2n) is 5.03. The zero-order chi connectivity index (χ0) is 15.2. The molecule has 5 heteroatoms. The maximum absolute atomic E-state index is 5.93. The highest BCUT2D eigenvalue weighted by molar-refractivity contribution is 7.09. The van der Waals surface area contributed by atoms with Crippen molar-refractivity contribution in [2.75, 3.05) is 7.11 Å². The maximum atomic E-state index is 5.93. The van der Waals surface area contributed by atoms with Crippen molar-refractivity contribution in [1.29, 1.82) is 0 Å². The Balaban J connectivity index is 2.12. The number of hydrogen-bond acceptors (Lipinski definition) is 5. The first-order valence-corrected chi connectivity index (χ1v) is 7.99. The number of benzene rings is 1. The summed E-state index contributed by atoms with van der Waals surface area (Å²) in [7, 11) is 1.65. The van der Waals surface area contributed by atoms with Crippen molar-refractivity contribution in [3.05, 3.63) is 39.8 Å². The Morgan fingerprint density at radius 1 is 1.38 bits per heavy atom. The van der Waals surface area contributed by atoms with Crippen molar-refractivity contribution >= 4 is 11.3 Å². The van der Waals surface area contributed by atoms with Gasteiger partial charge >= 0.3 is 0 Å². The SMILES string of the molecule is CCc1nc(COc2cc(OC)ccc2CC(C)N)cs1. The van der Waals surface area contributed by atoms with Crippen LogP contribution in [0.15, 0.2) is 23.6 Å². The van der Waals surface area contributed by atoms with Crippen LogP contribution in [-0.2, 0) is 19.4 Å². The molecule has 0 radical (unpaired) electrons. The van der Waals surface area contributed by atoms with Gasteiger partial charge in [0.15, 0.2) is 0 Å². The summed E-state index contributed by atoms with van der Waals surface area (Å²) >= 11 is 1.67. The first kappa shape index (κ1) is 15.8. The van der Waals surface area contributed by atoms with Crippen LogP contribution in [-0.4, -0.2) is 18.1 Å². The molecule has 0 spiro atoms. The molecule has 0 fully saturated rings. The molecule has 1 atom stereocenters. The summed E-state index contributed by atoms with van der Waals surface area (Å²) in [6.45, 7) is 4.56. The summed E-state index contributed by atoms with van der Waals surface area (Å²) in [6.07, 6.45) is 1.73. The third-order valence-corrected chi connectivity index (χ3v) is 4.14. The molecule has 2 rings (SSSR count). The van der Waals surface area contributed by atoms with Gasteiger partial charge in [0.25, 0.3) is 0 Å². The summed E-state index contributed by atoms with van der Waals surface area (Å²) in [6, 6.07) is 5.94. The first-order chi connectivity index (χ1) is 10.1. The average molecular weight is 306 g/mol. The first-order valence-electron chi connectivity index (χ1n) is 7.11. The van der Waals surface area contributed by atoms with Gasteiger partial charge in [-0.15, -0.1) is 11.3 Å². The molecule has 0 amide bonds. The van der Waals surface area contributed by atoms with Crippen LogP contribution < -0.4 is 15.2 Å². The number of methoxy groups -OCH3 is 1. The number of rotatable bonds is 7. The van der Waals surface area contributed by atoms with Gasteiger partial charge in [0.2, 0.25) is 0 Å². The molecule has 0 aliphatic heterocycles. The lowest BCUT2D eigenvalue weighted by molar-refractivity contribution is 0.295. The standard InChI is InChI=1S/C16H22N2O2S/c1-4-16-18-13(10-21-16)9-20-15-8-14(19-3)6-5-12(15)7-11(2)17/h5-6,8,10-11H,4,7,9,17H2,1-3H3. The van der Waals surface area contributed by atoms with Gasteiger partial charge in [-0.05, 0) is 31.4 Å². The summed E-state index contributed by atoms with van der Waals surface area (Å²) in [5.41, 5.74) is 7.95. The minimum Gasteiger partial charge on any atom is -0.497 e. The maximum Gasteiger partial charge on any atom is 0.131 e. The molecule has 1 aromatic heterocycles. The number of ether oxygens (including phenoxy) is 2. The molecule has 0 saturated heterocycles. The smallest absolute Gasteiger partial charge is 0.131 e. The number of nitrogens with two attached hydrogens (primary N) is 1. The minimum absolute atomic E-state index is 0.0895. The fourth-order valence-electron chi connectivity index (χ4n) is 2.04. The third-order valence-electron chi connectivity index (χ3n) is 3.09. The van der Waals surface area contributed by atoms with E-state index < -0.39 is 0 Å². The lowest BCUT2D eigenvalue weighted by atomic mass is 10.1. The van der Waals surface area contributed by atoms with E-state index in [-0.39, 0.29) is 6.04 Å². The van der Waals surface area contributed by atoms with Crippen molar-refractivity contribution in [1.82, 2.24) is 4.98 Å². The number of nitrogens with zero attached hydrogens (tertiary/aromatic N) is 1. The highest BCUT2D eigenvalue weighted by Crippen LogP contribution is 2.27. The number of thiazole rings is 1. The summed E-state index contributed by atoms with van der Waals surface area (Å²) in [5.74, 6) is 1.60. The molecule has 2 aromatic rings. The van der Waals surface area contributed by atoms with Crippen LogP contribution >= 0.6 is 11.3 Å². The van der Waals surface area contributed by atoms with Crippen LogP contribution in [0, 0.1) is 0 Å². The zero-order valence-corrected chi connectivity index (χ0v) is 13.6. The lowest BCUT2D eigenvalue weighted by Crippen LogP contribution is -2.18. The third kappa shape index (κ3) is 4.44. The normalized spacial score (nSPS) is 12.2. The van der Waals surface area contributed by atoms with E-state index in [1.54, 1.807) is 18.4 Å². The molecule has 0 bridgehead atoms. The van der Waals surface area contributed by atoms with Crippen molar-refractivity contribution < 1.29 is 9.47 Å². The molecular weight excluding hydrogens is 284 g/mol. The monoisotopic (exact) mass is 306 g/mol. The second-order valence-corrected chi connectivity index (χ2v) is 5.97. The molecule has 4 nitrogen and oxygen atoms in total. The molecular formula is C16H22N2O2S. The summed E-state index contributed by atoms with van der Waals surface area (Å²) in [5, 5.41) is 3.18. The average Bonchev–Trinajstić information content (AvgIpc) is 2.93. The van der Waals surface area contributed by atoms with Crippen LogP contribution in [0.25, 0.3) is 0 Å². The van der Waals surface area contributed by atoms with E-state index in [1.807, 2.05) is 30.5 Å². The number of aromatic nitrogens is 1. The van der Waals surface area contributed by atoms with Crippen molar-refractivity contribution in [3.8, 4) is 11.5 Å². The molecule has 2 N–H and O–H groups in total. The van der Waals surface area contributed by atoms with Gasteiger partial charge in [-0.25, -0.2) is 4.98 Å². The van der Waals surface area contributed by atoms with E-state index in [0.29, 0.717) is 6.61 Å². The van der Waals surface area contributed by atoms with Gasteiger partial charge in [0.1, 0.15) is 18.1 Å². The van der Waals surface area contributed by atoms with E-state index in [1.165, 1.54) is 0 Å². The van der Waals surface area contributed by atoms with Gasteiger partial charge in [0, 0.05) is 17.5 Å². The Morgan fingerprint density at radius 3 is 2.81 bits per heavy atom. The number of hydrogen-bond donors (Lipinski definition) is 1. The molecule has 114 valence electrons. The van der Waals surface area contributed by atoms with Crippen molar-refractivity contribution in [2.45, 2.75) is 39.3 Å². The van der Waals surface area contributed by atoms with Gasteiger partial charge < -0.3 is 15.2 Å². The van der Waals surface area contributed by atoms with Crippen LogP contribution in [0.5, 0.6) is 11.5 Å². The second kappa shape index (κ2) is 7.43. The quantitative estimate of drug-likeness (QED) is 0.853. The predicted molar refractivity (Wildman–Crippen MR) is 86.2 cm³/mol. The Hall–Kier alpha value is -1.59. The molecule has 0 aliphatic rings. The molecule has 1 aromatic carbocycles. The molecule has 0 aliphatic carbocycles. The Bertz CT molecular complexity index is 581. The largest absolute Gasteiger partial charge is 0.497 e. The summed E-state index contributed by atoms with van der Waals surface area (Å²) < 4.78 is 11.2. The molecule has 1 unspecified atom stereocenters.